The molecule has 0 atom stereocenters. The molecule has 2 aromatic carbocycles. The van der Waals surface area contributed by atoms with Crippen molar-refractivity contribution in [3.8, 4) is 0 Å². The Morgan fingerprint density at radius 3 is 2.73 bits per heavy atom. The number of amides is 1. The molecule has 154 valence electrons. The molecule has 1 saturated carbocycles. The van der Waals surface area contributed by atoms with Gasteiger partial charge in [-0.1, -0.05) is 49.1 Å². The largest absolute Gasteiger partial charge is 0.459 e. The molecule has 0 radical (unpaired) electrons. The van der Waals surface area contributed by atoms with Gasteiger partial charge in [0, 0.05) is 28.5 Å². The van der Waals surface area contributed by atoms with Gasteiger partial charge in [0.2, 0.25) is 0 Å². The molecule has 1 aliphatic rings. The van der Waals surface area contributed by atoms with Crippen molar-refractivity contribution in [2.24, 2.45) is 5.92 Å². The van der Waals surface area contributed by atoms with Crippen LogP contribution in [0.3, 0.4) is 0 Å². The first kappa shape index (κ1) is 19.3. The summed E-state index contributed by atoms with van der Waals surface area (Å²) in [5.41, 5.74) is 2.38. The van der Waals surface area contributed by atoms with Gasteiger partial charge in [0.05, 0.1) is 17.6 Å². The van der Waals surface area contributed by atoms with Gasteiger partial charge in [0.1, 0.15) is 11.3 Å². The van der Waals surface area contributed by atoms with E-state index in [9.17, 15) is 4.79 Å². The third kappa shape index (κ3) is 3.84. The first-order valence-electron chi connectivity index (χ1n) is 10.7. The summed E-state index contributed by atoms with van der Waals surface area (Å²) < 4.78 is 8.06. The number of halogens is 1. The third-order valence-electron chi connectivity index (χ3n) is 6.15. The number of carbonyl (C=O) groups excluding carboxylic acids is 1. The number of rotatable bonds is 5. The van der Waals surface area contributed by atoms with Gasteiger partial charge < -0.3 is 14.3 Å². The number of aromatic nitrogens is 1. The van der Waals surface area contributed by atoms with Crippen LogP contribution in [0.5, 0.6) is 0 Å². The van der Waals surface area contributed by atoms with Gasteiger partial charge in [-0.15, -0.1) is 0 Å². The van der Waals surface area contributed by atoms with Crippen LogP contribution in [-0.4, -0.2) is 17.0 Å². The number of fused-ring (bicyclic) bond motifs is 2. The average molecular weight is 421 g/mol. The summed E-state index contributed by atoms with van der Waals surface area (Å²) in [7, 11) is 0. The second kappa shape index (κ2) is 8.19. The molecule has 1 fully saturated rings. The van der Waals surface area contributed by atoms with Crippen molar-refractivity contribution in [3.63, 3.8) is 0 Å². The van der Waals surface area contributed by atoms with Crippen molar-refractivity contribution in [2.75, 3.05) is 6.54 Å². The molecule has 0 bridgehead atoms. The number of carbonyl (C=O) groups is 1. The first-order valence-corrected chi connectivity index (χ1v) is 11.1. The average Bonchev–Trinajstić information content (AvgIpc) is 3.36. The third-order valence-corrected chi connectivity index (χ3v) is 6.37. The minimum absolute atomic E-state index is 0.0578. The van der Waals surface area contributed by atoms with Crippen molar-refractivity contribution >= 4 is 39.4 Å². The van der Waals surface area contributed by atoms with Gasteiger partial charge in [0.25, 0.3) is 5.91 Å². The topological polar surface area (TPSA) is 47.2 Å². The zero-order valence-corrected chi connectivity index (χ0v) is 17.6. The summed E-state index contributed by atoms with van der Waals surface area (Å²) in [6, 6.07) is 15.7. The van der Waals surface area contributed by atoms with Crippen LogP contribution in [0.1, 0.15) is 48.2 Å². The van der Waals surface area contributed by atoms with Gasteiger partial charge >= 0.3 is 0 Å². The van der Waals surface area contributed by atoms with Gasteiger partial charge in [-0.25, -0.2) is 0 Å². The Bertz CT molecular complexity index is 1170. The van der Waals surface area contributed by atoms with E-state index in [1.54, 1.807) is 6.07 Å². The second-order valence-corrected chi connectivity index (χ2v) is 8.74. The molecule has 0 aliphatic heterocycles. The van der Waals surface area contributed by atoms with Crippen LogP contribution in [0.15, 0.2) is 59.1 Å². The first-order chi connectivity index (χ1) is 14.7. The zero-order valence-electron chi connectivity index (χ0n) is 16.9. The lowest BCUT2D eigenvalue weighted by Gasteiger charge is -2.22. The Kier molecular flexibility index (Phi) is 5.26. The van der Waals surface area contributed by atoms with Crippen LogP contribution in [0, 0.1) is 5.92 Å². The molecule has 5 heteroatoms. The highest BCUT2D eigenvalue weighted by Crippen LogP contribution is 2.28. The highest BCUT2D eigenvalue weighted by molar-refractivity contribution is 6.32. The Morgan fingerprint density at radius 1 is 1.07 bits per heavy atom. The lowest BCUT2D eigenvalue weighted by atomic mass is 9.89. The predicted octanol–water partition coefficient (Wildman–Crippen LogP) is 6.40. The molecule has 0 unspecified atom stereocenters. The van der Waals surface area contributed by atoms with Gasteiger partial charge in [0.15, 0.2) is 0 Å². The van der Waals surface area contributed by atoms with E-state index in [1.165, 1.54) is 32.1 Å². The molecule has 0 spiro atoms. The second-order valence-electron chi connectivity index (χ2n) is 8.30. The quantitative estimate of drug-likeness (QED) is 0.406. The highest BCUT2D eigenvalue weighted by Gasteiger charge is 2.19. The summed E-state index contributed by atoms with van der Waals surface area (Å²) in [6.45, 7) is 1.29. The molecule has 1 N–H and O–H groups in total. The number of furan rings is 1. The molecule has 1 amide bonds. The van der Waals surface area contributed by atoms with Crippen molar-refractivity contribution < 1.29 is 9.21 Å². The van der Waals surface area contributed by atoms with E-state index < -0.39 is 0 Å². The van der Waals surface area contributed by atoms with E-state index in [4.69, 9.17) is 16.0 Å². The van der Waals surface area contributed by atoms with Gasteiger partial charge in [-0.05, 0) is 49.1 Å². The van der Waals surface area contributed by atoms with E-state index in [2.05, 4.69) is 16.0 Å². The minimum atomic E-state index is -0.0578. The van der Waals surface area contributed by atoms with E-state index in [1.807, 2.05) is 42.6 Å². The fourth-order valence-electron chi connectivity index (χ4n) is 4.62. The van der Waals surface area contributed by atoms with Gasteiger partial charge in [-0.2, -0.15) is 0 Å². The Hall–Kier alpha value is -2.72. The number of nitrogens with zero attached hydrogens (tertiary/aromatic N) is 1. The monoisotopic (exact) mass is 420 g/mol. The van der Waals surface area contributed by atoms with Gasteiger partial charge in [-0.3, -0.25) is 4.79 Å². The molecular formula is C25H25ClN2O2. The van der Waals surface area contributed by atoms with E-state index in [0.29, 0.717) is 23.0 Å². The summed E-state index contributed by atoms with van der Waals surface area (Å²) in [5.74, 6) is 1.38. The summed E-state index contributed by atoms with van der Waals surface area (Å²) in [6.07, 6.45) is 8.24. The van der Waals surface area contributed by atoms with Crippen LogP contribution in [0.25, 0.3) is 21.9 Å². The Balaban J connectivity index is 1.44. The molecular weight excluding hydrogens is 396 g/mol. The van der Waals surface area contributed by atoms with Crippen molar-refractivity contribution in [3.05, 3.63) is 71.1 Å². The lowest BCUT2D eigenvalue weighted by molar-refractivity contribution is 0.0945. The molecule has 0 saturated heterocycles. The summed E-state index contributed by atoms with van der Waals surface area (Å²) in [5, 5.41) is 5.77. The summed E-state index contributed by atoms with van der Waals surface area (Å²) >= 11 is 6.33. The minimum Gasteiger partial charge on any atom is -0.459 e. The summed E-state index contributed by atoms with van der Waals surface area (Å²) in [4.78, 5) is 13.1. The maximum absolute atomic E-state index is 13.1. The molecule has 4 nitrogen and oxygen atoms in total. The highest BCUT2D eigenvalue weighted by atomic mass is 35.5. The molecule has 2 aromatic heterocycles. The van der Waals surface area contributed by atoms with E-state index >= 15 is 0 Å². The molecule has 1 aliphatic carbocycles. The lowest BCUT2D eigenvalue weighted by Crippen LogP contribution is -2.30. The van der Waals surface area contributed by atoms with Crippen LogP contribution in [0.4, 0.5) is 0 Å². The Morgan fingerprint density at radius 2 is 1.90 bits per heavy atom. The Labute approximate surface area is 180 Å². The number of nitrogens with one attached hydrogen (secondary N) is 1. The number of hydrogen-bond donors (Lipinski definition) is 1. The molecule has 4 aromatic rings. The molecule has 5 rings (SSSR count). The SMILES string of the molecule is O=C(NCC1CCCCC1)c1cc(Cl)cc2ccn(Cc3cc4ccccc4o3)c12. The molecule has 30 heavy (non-hydrogen) atoms. The van der Waals surface area contributed by atoms with Crippen molar-refractivity contribution in [1.82, 2.24) is 9.88 Å². The van der Waals surface area contributed by atoms with Crippen LogP contribution < -0.4 is 5.32 Å². The zero-order chi connectivity index (χ0) is 20.5. The van der Waals surface area contributed by atoms with Crippen LogP contribution in [-0.2, 0) is 6.54 Å². The maximum Gasteiger partial charge on any atom is 0.253 e. The van der Waals surface area contributed by atoms with Crippen molar-refractivity contribution in [1.29, 1.82) is 0 Å². The number of hydrogen-bond acceptors (Lipinski definition) is 2. The number of benzene rings is 2. The molecule has 2 heterocycles. The fourth-order valence-corrected chi connectivity index (χ4v) is 4.85. The van der Waals surface area contributed by atoms with Crippen molar-refractivity contribution in [2.45, 2.75) is 38.6 Å². The predicted molar refractivity (Wildman–Crippen MR) is 121 cm³/mol. The van der Waals surface area contributed by atoms with Crippen LogP contribution >= 0.6 is 11.6 Å². The maximum atomic E-state index is 13.1. The van der Waals surface area contributed by atoms with E-state index in [0.717, 1.165) is 34.2 Å². The fraction of sp³-hybridized carbons (Fsp3) is 0.320. The standard InChI is InChI=1S/C25H25ClN2O2/c26-20-12-19-10-11-28(16-21-13-18-8-4-5-9-23(18)30-21)24(19)22(14-20)25(29)27-15-17-6-2-1-3-7-17/h4-5,8-14,17H,1-3,6-7,15-16H2,(H,27,29). The van der Waals surface area contributed by atoms with E-state index in [-0.39, 0.29) is 5.91 Å². The normalized spacial score (nSPS) is 15.1. The number of para-hydroxylation sites is 1. The smallest absolute Gasteiger partial charge is 0.253 e. The van der Waals surface area contributed by atoms with Crippen LogP contribution in [0.2, 0.25) is 5.02 Å².